The Hall–Kier alpha value is -2.58. The fourth-order valence-corrected chi connectivity index (χ4v) is 5.17. The first-order valence-corrected chi connectivity index (χ1v) is 14.3. The summed E-state index contributed by atoms with van der Waals surface area (Å²) in [6, 6.07) is 14.0. The van der Waals surface area contributed by atoms with Crippen LogP contribution in [-0.2, 0) is 26.2 Å². The highest BCUT2D eigenvalue weighted by molar-refractivity contribution is 7.92. The maximum atomic E-state index is 13.5. The highest BCUT2D eigenvalue weighted by Crippen LogP contribution is 2.27. The van der Waals surface area contributed by atoms with Crippen LogP contribution < -0.4 is 9.62 Å². The van der Waals surface area contributed by atoms with Crippen LogP contribution in [-0.4, -0.2) is 49.5 Å². The molecule has 0 spiro atoms. The zero-order valence-corrected chi connectivity index (χ0v) is 23.6. The van der Waals surface area contributed by atoms with E-state index in [2.05, 4.69) is 5.32 Å². The Labute approximate surface area is 220 Å². The van der Waals surface area contributed by atoms with Gasteiger partial charge in [-0.15, -0.1) is 0 Å². The molecule has 1 N–H and O–H groups in total. The molecular weight excluding hydrogens is 498 g/mol. The standard InChI is InChI=1S/C27H38ClN3O4S/c1-7-23(26(33)29-27(3,4)5)30(19-21-12-9-8-10-13-21)25(32)14-11-17-31(36(6,34)35)24-18-22(28)16-15-20(24)2/h8-10,12-13,15-16,18,23H,7,11,14,17,19H2,1-6H3,(H,29,33)/t23-/m1/s1. The minimum absolute atomic E-state index is 0.0950. The third-order valence-corrected chi connectivity index (χ3v) is 7.09. The van der Waals surface area contributed by atoms with Crippen molar-refractivity contribution in [2.24, 2.45) is 0 Å². The van der Waals surface area contributed by atoms with E-state index in [1.807, 2.05) is 65.0 Å². The van der Waals surface area contributed by atoms with Crippen LogP contribution in [0.1, 0.15) is 58.1 Å². The predicted octanol–water partition coefficient (Wildman–Crippen LogP) is 4.92. The molecule has 2 aromatic carbocycles. The molecule has 0 unspecified atom stereocenters. The largest absolute Gasteiger partial charge is 0.350 e. The van der Waals surface area contributed by atoms with Gasteiger partial charge < -0.3 is 10.2 Å². The molecule has 0 aliphatic rings. The summed E-state index contributed by atoms with van der Waals surface area (Å²) in [5.74, 6) is -0.410. The Kier molecular flexibility index (Phi) is 10.4. The number of rotatable bonds is 11. The number of anilines is 1. The van der Waals surface area contributed by atoms with E-state index >= 15 is 0 Å². The topological polar surface area (TPSA) is 86.8 Å². The normalized spacial score (nSPS) is 12.6. The van der Waals surface area contributed by atoms with Crippen LogP contribution in [0.25, 0.3) is 0 Å². The number of nitrogens with zero attached hydrogens (tertiary/aromatic N) is 2. The van der Waals surface area contributed by atoms with E-state index in [9.17, 15) is 18.0 Å². The first-order chi connectivity index (χ1) is 16.7. The van der Waals surface area contributed by atoms with Gasteiger partial charge in [0, 0.05) is 30.1 Å². The number of hydrogen-bond acceptors (Lipinski definition) is 4. The highest BCUT2D eigenvalue weighted by Gasteiger charge is 2.30. The minimum atomic E-state index is -3.59. The van der Waals surface area contributed by atoms with Gasteiger partial charge in [0.2, 0.25) is 21.8 Å². The van der Waals surface area contributed by atoms with Crippen molar-refractivity contribution in [1.29, 1.82) is 0 Å². The lowest BCUT2D eigenvalue weighted by Gasteiger charge is -2.33. The summed E-state index contributed by atoms with van der Waals surface area (Å²) in [6.07, 6.45) is 1.98. The summed E-state index contributed by atoms with van der Waals surface area (Å²) in [5, 5.41) is 3.42. The Morgan fingerprint density at radius 1 is 1.08 bits per heavy atom. The summed E-state index contributed by atoms with van der Waals surface area (Å²) in [6.45, 7) is 9.81. The zero-order chi connectivity index (χ0) is 27.1. The van der Waals surface area contributed by atoms with Gasteiger partial charge in [-0.2, -0.15) is 0 Å². The van der Waals surface area contributed by atoms with Gasteiger partial charge in [0.25, 0.3) is 0 Å². The van der Waals surface area contributed by atoms with Crippen LogP contribution in [0.5, 0.6) is 0 Å². The van der Waals surface area contributed by atoms with E-state index in [4.69, 9.17) is 11.6 Å². The quantitative estimate of drug-likeness (QED) is 0.442. The van der Waals surface area contributed by atoms with Crippen molar-refractivity contribution in [3.63, 3.8) is 0 Å². The number of aryl methyl sites for hydroxylation is 1. The molecule has 9 heteroatoms. The second-order valence-electron chi connectivity index (χ2n) is 10.0. The van der Waals surface area contributed by atoms with Crippen molar-refractivity contribution < 1.29 is 18.0 Å². The maximum Gasteiger partial charge on any atom is 0.243 e. The van der Waals surface area contributed by atoms with Crippen molar-refractivity contribution in [3.8, 4) is 0 Å². The number of carbonyl (C=O) groups is 2. The minimum Gasteiger partial charge on any atom is -0.350 e. The number of hydrogen-bond donors (Lipinski definition) is 1. The second kappa shape index (κ2) is 12.6. The van der Waals surface area contributed by atoms with Gasteiger partial charge in [-0.25, -0.2) is 8.42 Å². The molecule has 0 heterocycles. The van der Waals surface area contributed by atoms with Crippen molar-refractivity contribution in [3.05, 3.63) is 64.7 Å². The van der Waals surface area contributed by atoms with Crippen molar-refractivity contribution in [2.45, 2.75) is 72.0 Å². The van der Waals surface area contributed by atoms with Crippen LogP contribution in [0.2, 0.25) is 5.02 Å². The summed E-state index contributed by atoms with van der Waals surface area (Å²) >= 11 is 6.12. The molecule has 2 aromatic rings. The summed E-state index contributed by atoms with van der Waals surface area (Å²) < 4.78 is 26.4. The number of amides is 2. The molecule has 1 atom stereocenters. The fourth-order valence-electron chi connectivity index (χ4n) is 3.99. The van der Waals surface area contributed by atoms with Crippen molar-refractivity contribution >= 4 is 39.1 Å². The Balaban J connectivity index is 2.24. The van der Waals surface area contributed by atoms with Crippen LogP contribution in [0.4, 0.5) is 5.69 Å². The first-order valence-electron chi connectivity index (χ1n) is 12.1. The van der Waals surface area contributed by atoms with E-state index in [0.717, 1.165) is 17.4 Å². The van der Waals surface area contributed by atoms with Gasteiger partial charge in [-0.1, -0.05) is 54.9 Å². The molecule has 7 nitrogen and oxygen atoms in total. The lowest BCUT2D eigenvalue weighted by Crippen LogP contribution is -2.53. The molecule has 0 aromatic heterocycles. The molecular formula is C27H38ClN3O4S. The molecule has 2 rings (SSSR count). The highest BCUT2D eigenvalue weighted by atomic mass is 35.5. The Morgan fingerprint density at radius 3 is 2.28 bits per heavy atom. The van der Waals surface area contributed by atoms with Gasteiger partial charge in [-0.05, 0) is 63.8 Å². The van der Waals surface area contributed by atoms with Gasteiger partial charge in [-0.3, -0.25) is 13.9 Å². The van der Waals surface area contributed by atoms with Crippen LogP contribution in [0, 0.1) is 6.92 Å². The molecule has 198 valence electrons. The molecule has 2 amide bonds. The van der Waals surface area contributed by atoms with Crippen molar-refractivity contribution in [2.75, 3.05) is 17.1 Å². The Morgan fingerprint density at radius 2 is 1.72 bits per heavy atom. The zero-order valence-electron chi connectivity index (χ0n) is 22.0. The summed E-state index contributed by atoms with van der Waals surface area (Å²) in [5.41, 5.74) is 1.75. The number of carbonyl (C=O) groups excluding carboxylic acids is 2. The predicted molar refractivity (Wildman–Crippen MR) is 147 cm³/mol. The van der Waals surface area contributed by atoms with E-state index in [-0.39, 0.29) is 24.8 Å². The second-order valence-corrected chi connectivity index (χ2v) is 12.4. The fraction of sp³-hybridized carbons (Fsp3) is 0.481. The van der Waals surface area contributed by atoms with Crippen LogP contribution in [0.3, 0.4) is 0 Å². The van der Waals surface area contributed by atoms with E-state index < -0.39 is 21.6 Å². The number of nitrogens with one attached hydrogen (secondary N) is 1. The Bertz CT molecular complexity index is 1150. The molecule has 0 fully saturated rings. The average molecular weight is 536 g/mol. The third-order valence-electron chi connectivity index (χ3n) is 5.67. The lowest BCUT2D eigenvalue weighted by molar-refractivity contribution is -0.142. The summed E-state index contributed by atoms with van der Waals surface area (Å²) in [7, 11) is -3.59. The molecule has 0 radical (unpaired) electrons. The molecule has 0 saturated carbocycles. The molecule has 0 bridgehead atoms. The van der Waals surface area contributed by atoms with Gasteiger partial charge in [0.1, 0.15) is 6.04 Å². The summed E-state index contributed by atoms with van der Waals surface area (Å²) in [4.78, 5) is 28.2. The molecule has 0 aliphatic carbocycles. The van der Waals surface area contributed by atoms with E-state index in [1.165, 1.54) is 4.31 Å². The van der Waals surface area contributed by atoms with Crippen molar-refractivity contribution in [1.82, 2.24) is 10.2 Å². The van der Waals surface area contributed by atoms with E-state index in [0.29, 0.717) is 30.1 Å². The van der Waals surface area contributed by atoms with Crippen LogP contribution >= 0.6 is 11.6 Å². The average Bonchev–Trinajstić information content (AvgIpc) is 2.77. The van der Waals surface area contributed by atoms with Gasteiger partial charge >= 0.3 is 0 Å². The first kappa shape index (κ1) is 29.6. The SMILES string of the molecule is CC[C@H](C(=O)NC(C)(C)C)N(Cc1ccccc1)C(=O)CCCN(c1cc(Cl)ccc1C)S(C)(=O)=O. The monoisotopic (exact) mass is 535 g/mol. The number of sulfonamides is 1. The van der Waals surface area contributed by atoms with Gasteiger partial charge in [0.15, 0.2) is 0 Å². The third kappa shape index (κ3) is 8.82. The van der Waals surface area contributed by atoms with E-state index in [1.54, 1.807) is 23.1 Å². The number of benzene rings is 2. The lowest BCUT2D eigenvalue weighted by atomic mass is 10.0. The maximum absolute atomic E-state index is 13.5. The smallest absolute Gasteiger partial charge is 0.243 e. The van der Waals surface area contributed by atoms with Gasteiger partial charge in [0.05, 0.1) is 11.9 Å². The molecule has 36 heavy (non-hydrogen) atoms. The molecule has 0 aliphatic heterocycles. The number of halogens is 1. The van der Waals surface area contributed by atoms with Crippen LogP contribution in [0.15, 0.2) is 48.5 Å². The molecule has 0 saturated heterocycles.